The van der Waals surface area contributed by atoms with Gasteiger partial charge in [0.15, 0.2) is 5.69 Å². The van der Waals surface area contributed by atoms with Crippen LogP contribution in [0.4, 0.5) is 5.69 Å². The molecule has 0 unspecified atom stereocenters. The number of methoxy groups -OCH3 is 3. The van der Waals surface area contributed by atoms with Gasteiger partial charge in [-0.3, -0.25) is 4.79 Å². The Labute approximate surface area is 214 Å². The van der Waals surface area contributed by atoms with E-state index >= 15 is 0 Å². The Hall–Kier alpha value is -4.79. The number of rotatable bonds is 9. The van der Waals surface area contributed by atoms with E-state index in [4.69, 9.17) is 18.9 Å². The van der Waals surface area contributed by atoms with Gasteiger partial charge in [0.1, 0.15) is 22.9 Å². The third-order valence-electron chi connectivity index (χ3n) is 5.58. The monoisotopic (exact) mass is 501 g/mol. The zero-order valence-electron chi connectivity index (χ0n) is 21.0. The first kappa shape index (κ1) is 25.3. The van der Waals surface area contributed by atoms with Crippen LogP contribution in [0, 0.1) is 0 Å². The van der Waals surface area contributed by atoms with Crippen LogP contribution in [0.1, 0.15) is 27.8 Å². The number of para-hydroxylation sites is 2. The largest absolute Gasteiger partial charge is 0.497 e. The molecular weight excluding hydrogens is 474 g/mol. The number of hydrogen-bond donors (Lipinski definition) is 1. The van der Waals surface area contributed by atoms with Gasteiger partial charge in [-0.25, -0.2) is 9.48 Å². The van der Waals surface area contributed by atoms with Gasteiger partial charge >= 0.3 is 5.97 Å². The fourth-order valence-electron chi connectivity index (χ4n) is 3.82. The maximum absolute atomic E-state index is 13.1. The first-order valence-corrected chi connectivity index (χ1v) is 11.5. The van der Waals surface area contributed by atoms with E-state index in [0.717, 1.165) is 0 Å². The van der Waals surface area contributed by atoms with Crippen molar-refractivity contribution in [3.05, 3.63) is 84.1 Å². The van der Waals surface area contributed by atoms with Gasteiger partial charge in [-0.2, -0.15) is 5.10 Å². The normalized spacial score (nSPS) is 10.5. The van der Waals surface area contributed by atoms with E-state index in [9.17, 15) is 9.59 Å². The number of aromatic nitrogens is 2. The van der Waals surface area contributed by atoms with Crippen LogP contribution < -0.4 is 19.5 Å². The van der Waals surface area contributed by atoms with Gasteiger partial charge in [0.2, 0.25) is 0 Å². The average Bonchev–Trinajstić information content (AvgIpc) is 3.38. The van der Waals surface area contributed by atoms with E-state index < -0.39 is 5.97 Å². The van der Waals surface area contributed by atoms with Gasteiger partial charge in [-0.15, -0.1) is 0 Å². The number of nitrogens with zero attached hydrogens (tertiary/aromatic N) is 2. The first-order chi connectivity index (χ1) is 18.0. The molecule has 37 heavy (non-hydrogen) atoms. The topological polar surface area (TPSA) is 101 Å². The summed E-state index contributed by atoms with van der Waals surface area (Å²) in [4.78, 5) is 25.5. The first-order valence-electron chi connectivity index (χ1n) is 11.5. The molecule has 0 atom stereocenters. The second kappa shape index (κ2) is 11.3. The Balaban J connectivity index is 1.73. The van der Waals surface area contributed by atoms with Gasteiger partial charge in [0.25, 0.3) is 5.91 Å². The van der Waals surface area contributed by atoms with Crippen LogP contribution in [0.15, 0.2) is 72.8 Å². The molecule has 0 aliphatic rings. The molecule has 190 valence electrons. The van der Waals surface area contributed by atoms with Gasteiger partial charge in [0.05, 0.1) is 39.2 Å². The summed E-state index contributed by atoms with van der Waals surface area (Å²) >= 11 is 0. The lowest BCUT2D eigenvalue weighted by molar-refractivity contribution is 0.0518. The molecule has 1 heterocycles. The SMILES string of the molecule is CCOC(=O)c1cc(-c2cccc(NC(=O)c3ccc(OC)cc3OC)c2)n(-c2ccccc2OC)n1. The molecular formula is C28H27N3O6. The zero-order valence-corrected chi connectivity index (χ0v) is 21.0. The molecule has 3 aromatic carbocycles. The van der Waals surface area contributed by atoms with E-state index in [1.54, 1.807) is 68.3 Å². The number of anilines is 1. The second-order valence-electron chi connectivity index (χ2n) is 7.82. The summed E-state index contributed by atoms with van der Waals surface area (Å²) in [6.07, 6.45) is 0. The van der Waals surface area contributed by atoms with Gasteiger partial charge in [0, 0.05) is 17.3 Å². The average molecular weight is 502 g/mol. The third-order valence-corrected chi connectivity index (χ3v) is 5.58. The Morgan fingerprint density at radius 1 is 0.865 bits per heavy atom. The van der Waals surface area contributed by atoms with Crippen molar-refractivity contribution in [3.8, 4) is 34.2 Å². The molecule has 1 amide bonds. The number of hydrogen-bond acceptors (Lipinski definition) is 7. The molecule has 0 fully saturated rings. The summed E-state index contributed by atoms with van der Waals surface area (Å²) < 4.78 is 22.9. The maximum Gasteiger partial charge on any atom is 0.358 e. The highest BCUT2D eigenvalue weighted by atomic mass is 16.5. The van der Waals surface area contributed by atoms with E-state index in [0.29, 0.717) is 45.4 Å². The Kier molecular flexibility index (Phi) is 7.73. The lowest BCUT2D eigenvalue weighted by atomic mass is 10.1. The van der Waals surface area contributed by atoms with Crippen molar-refractivity contribution in [1.29, 1.82) is 0 Å². The lowest BCUT2D eigenvalue weighted by Crippen LogP contribution is -2.13. The van der Waals surface area contributed by atoms with Crippen LogP contribution >= 0.6 is 0 Å². The van der Waals surface area contributed by atoms with Crippen LogP contribution in [0.25, 0.3) is 16.9 Å². The van der Waals surface area contributed by atoms with E-state index in [1.165, 1.54) is 7.11 Å². The highest BCUT2D eigenvalue weighted by molar-refractivity contribution is 6.06. The fraction of sp³-hybridized carbons (Fsp3) is 0.179. The minimum Gasteiger partial charge on any atom is -0.497 e. The molecule has 0 aliphatic carbocycles. The number of ether oxygens (including phenoxy) is 4. The summed E-state index contributed by atoms with van der Waals surface area (Å²) in [5.74, 6) is 0.674. The van der Waals surface area contributed by atoms with Crippen molar-refractivity contribution in [2.75, 3.05) is 33.3 Å². The molecule has 4 rings (SSSR count). The van der Waals surface area contributed by atoms with Crippen molar-refractivity contribution in [2.45, 2.75) is 6.92 Å². The van der Waals surface area contributed by atoms with Crippen molar-refractivity contribution in [1.82, 2.24) is 9.78 Å². The van der Waals surface area contributed by atoms with Crippen molar-refractivity contribution in [2.24, 2.45) is 0 Å². The minimum atomic E-state index is -0.534. The van der Waals surface area contributed by atoms with Gasteiger partial charge < -0.3 is 24.3 Å². The molecule has 4 aromatic rings. The van der Waals surface area contributed by atoms with Crippen LogP contribution in [-0.2, 0) is 4.74 Å². The molecule has 0 bridgehead atoms. The van der Waals surface area contributed by atoms with E-state index in [-0.39, 0.29) is 18.2 Å². The summed E-state index contributed by atoms with van der Waals surface area (Å²) in [5, 5.41) is 7.41. The summed E-state index contributed by atoms with van der Waals surface area (Å²) in [7, 11) is 4.60. The number of carbonyl (C=O) groups is 2. The third kappa shape index (κ3) is 5.40. The maximum atomic E-state index is 13.1. The Morgan fingerprint density at radius 2 is 1.65 bits per heavy atom. The van der Waals surface area contributed by atoms with Crippen molar-refractivity contribution < 1.29 is 28.5 Å². The van der Waals surface area contributed by atoms with Gasteiger partial charge in [-0.1, -0.05) is 24.3 Å². The molecule has 9 heteroatoms. The molecule has 0 aliphatic heterocycles. The highest BCUT2D eigenvalue weighted by Gasteiger charge is 2.20. The van der Waals surface area contributed by atoms with E-state index in [2.05, 4.69) is 10.4 Å². The Morgan fingerprint density at radius 3 is 2.38 bits per heavy atom. The van der Waals surface area contributed by atoms with E-state index in [1.807, 2.05) is 30.3 Å². The molecule has 9 nitrogen and oxygen atoms in total. The quantitative estimate of drug-likeness (QED) is 0.322. The number of nitrogens with one attached hydrogen (secondary N) is 1. The predicted octanol–water partition coefficient (Wildman–Crippen LogP) is 4.99. The van der Waals surface area contributed by atoms with Gasteiger partial charge in [-0.05, 0) is 49.4 Å². The molecule has 1 aromatic heterocycles. The molecule has 0 radical (unpaired) electrons. The number of benzene rings is 3. The standard InChI is InChI=1S/C28H27N3O6/c1-5-37-28(33)22-17-24(31(30-22)23-11-6-7-12-25(23)35-3)18-9-8-10-19(15-18)29-27(32)21-14-13-20(34-2)16-26(21)36-4/h6-17H,5H2,1-4H3,(H,29,32). The molecule has 0 saturated carbocycles. The summed E-state index contributed by atoms with van der Waals surface area (Å²) in [6.45, 7) is 1.96. The summed E-state index contributed by atoms with van der Waals surface area (Å²) in [5.41, 5.74) is 3.04. The summed E-state index contributed by atoms with van der Waals surface area (Å²) in [6, 6.07) is 21.2. The van der Waals surface area contributed by atoms with Crippen LogP contribution in [0.2, 0.25) is 0 Å². The predicted molar refractivity (Wildman–Crippen MR) is 139 cm³/mol. The number of amides is 1. The van der Waals surface area contributed by atoms with Crippen molar-refractivity contribution >= 4 is 17.6 Å². The van der Waals surface area contributed by atoms with Crippen LogP contribution in [-0.4, -0.2) is 49.6 Å². The molecule has 0 saturated heterocycles. The minimum absolute atomic E-state index is 0.153. The van der Waals surface area contributed by atoms with Crippen LogP contribution in [0.3, 0.4) is 0 Å². The second-order valence-corrected chi connectivity index (χ2v) is 7.82. The van der Waals surface area contributed by atoms with Crippen LogP contribution in [0.5, 0.6) is 17.2 Å². The zero-order chi connectivity index (χ0) is 26.4. The molecule has 0 spiro atoms. The fourth-order valence-corrected chi connectivity index (χ4v) is 3.82. The highest BCUT2D eigenvalue weighted by Crippen LogP contribution is 2.31. The Bertz CT molecular complexity index is 1430. The molecule has 1 N–H and O–H groups in total. The smallest absolute Gasteiger partial charge is 0.358 e. The van der Waals surface area contributed by atoms with Crippen molar-refractivity contribution in [3.63, 3.8) is 0 Å². The number of carbonyl (C=O) groups excluding carboxylic acids is 2. The lowest BCUT2D eigenvalue weighted by Gasteiger charge is -2.13. The number of esters is 1.